The Hall–Kier alpha value is -2.54. The molecule has 0 saturated heterocycles. The molecule has 3 N–H and O–H groups in total. The zero-order chi connectivity index (χ0) is 16.3. The number of nitrogens with zero attached hydrogens (tertiary/aromatic N) is 1. The fourth-order valence-electron chi connectivity index (χ4n) is 2.00. The van der Waals surface area contributed by atoms with Crippen LogP contribution >= 0.6 is 0 Å². The van der Waals surface area contributed by atoms with Crippen molar-refractivity contribution in [1.29, 1.82) is 0 Å². The molecule has 0 aliphatic carbocycles. The molecule has 0 spiro atoms. The monoisotopic (exact) mass is 306 g/mol. The highest BCUT2D eigenvalue weighted by molar-refractivity contribution is 5.75. The molecule has 1 atom stereocenters. The Bertz CT molecular complexity index is 661. The maximum absolute atomic E-state index is 10.9. The summed E-state index contributed by atoms with van der Waals surface area (Å²) in [6.07, 6.45) is 0. The second-order valence-electron chi connectivity index (χ2n) is 4.82. The summed E-state index contributed by atoms with van der Waals surface area (Å²) in [4.78, 5) is 10.9. The molecule has 118 valence electrons. The molecular weight excluding hydrogens is 288 g/mol. The highest BCUT2D eigenvalue weighted by Gasteiger charge is 2.17. The molecule has 0 amide bonds. The van der Waals surface area contributed by atoms with E-state index in [1.165, 1.54) is 7.11 Å². The molecule has 0 saturated carbocycles. The molecule has 7 nitrogen and oxygen atoms in total. The Morgan fingerprint density at radius 2 is 2.14 bits per heavy atom. The quantitative estimate of drug-likeness (QED) is 0.839. The van der Waals surface area contributed by atoms with Crippen LogP contribution in [0.15, 0.2) is 22.7 Å². The van der Waals surface area contributed by atoms with Gasteiger partial charge in [-0.05, 0) is 31.5 Å². The van der Waals surface area contributed by atoms with Crippen LogP contribution in [0.1, 0.15) is 28.6 Å². The van der Waals surface area contributed by atoms with Crippen LogP contribution < -0.4 is 15.2 Å². The van der Waals surface area contributed by atoms with Crippen molar-refractivity contribution >= 4 is 5.97 Å². The van der Waals surface area contributed by atoms with Gasteiger partial charge >= 0.3 is 5.97 Å². The SMILES string of the molecule is COc1cc([C@H](N)C(=O)O)ccc1OCc1c(C)noc1C. The third-order valence-corrected chi connectivity index (χ3v) is 3.37. The second-order valence-corrected chi connectivity index (χ2v) is 4.82. The van der Waals surface area contributed by atoms with Gasteiger partial charge in [-0.3, -0.25) is 4.79 Å². The van der Waals surface area contributed by atoms with Crippen molar-refractivity contribution in [3.63, 3.8) is 0 Å². The van der Waals surface area contributed by atoms with Crippen molar-refractivity contribution in [3.8, 4) is 11.5 Å². The highest BCUT2D eigenvalue weighted by atomic mass is 16.5. The molecule has 1 heterocycles. The van der Waals surface area contributed by atoms with Crippen molar-refractivity contribution in [2.45, 2.75) is 26.5 Å². The number of hydrogen-bond donors (Lipinski definition) is 2. The Morgan fingerprint density at radius 1 is 1.41 bits per heavy atom. The molecule has 2 aromatic rings. The summed E-state index contributed by atoms with van der Waals surface area (Å²) < 4.78 is 16.0. The van der Waals surface area contributed by atoms with E-state index in [2.05, 4.69) is 5.16 Å². The number of carboxylic acids is 1. The van der Waals surface area contributed by atoms with Crippen molar-refractivity contribution < 1.29 is 23.9 Å². The van der Waals surface area contributed by atoms with Gasteiger partial charge in [-0.2, -0.15) is 0 Å². The maximum atomic E-state index is 10.9. The minimum Gasteiger partial charge on any atom is -0.493 e. The van der Waals surface area contributed by atoms with E-state index in [0.717, 1.165) is 11.3 Å². The predicted octanol–water partition coefficient (Wildman–Crippen LogP) is 1.96. The Labute approximate surface area is 127 Å². The van der Waals surface area contributed by atoms with Crippen molar-refractivity contribution in [3.05, 3.63) is 40.8 Å². The molecule has 0 fully saturated rings. The summed E-state index contributed by atoms with van der Waals surface area (Å²) in [5.74, 6) is 0.497. The fraction of sp³-hybridized carbons (Fsp3) is 0.333. The minimum atomic E-state index is -1.11. The lowest BCUT2D eigenvalue weighted by atomic mass is 10.1. The number of carboxylic acid groups (broad SMARTS) is 1. The molecule has 7 heteroatoms. The molecular formula is C15H18N2O5. The lowest BCUT2D eigenvalue weighted by molar-refractivity contribution is -0.138. The van der Waals surface area contributed by atoms with E-state index in [4.69, 9.17) is 24.8 Å². The van der Waals surface area contributed by atoms with E-state index in [0.29, 0.717) is 22.8 Å². The van der Waals surface area contributed by atoms with Gasteiger partial charge in [-0.15, -0.1) is 0 Å². The van der Waals surface area contributed by atoms with E-state index >= 15 is 0 Å². The van der Waals surface area contributed by atoms with Crippen molar-refractivity contribution in [2.24, 2.45) is 5.73 Å². The lowest BCUT2D eigenvalue weighted by Crippen LogP contribution is -2.20. The number of aromatic nitrogens is 1. The molecule has 2 rings (SSSR count). The van der Waals surface area contributed by atoms with Crippen molar-refractivity contribution in [2.75, 3.05) is 7.11 Å². The third-order valence-electron chi connectivity index (χ3n) is 3.37. The summed E-state index contributed by atoms with van der Waals surface area (Å²) in [6.45, 7) is 3.92. The molecule has 0 radical (unpaired) electrons. The molecule has 1 aromatic carbocycles. The summed E-state index contributed by atoms with van der Waals surface area (Å²) >= 11 is 0. The van der Waals surface area contributed by atoms with E-state index in [9.17, 15) is 4.79 Å². The topological polar surface area (TPSA) is 108 Å². The van der Waals surface area contributed by atoms with Gasteiger partial charge in [0.25, 0.3) is 0 Å². The molecule has 0 bridgehead atoms. The van der Waals surface area contributed by atoms with Crippen LogP contribution in [-0.4, -0.2) is 23.3 Å². The maximum Gasteiger partial charge on any atom is 0.325 e. The first-order valence-electron chi connectivity index (χ1n) is 6.65. The van der Waals surface area contributed by atoms with Gasteiger partial charge in [-0.1, -0.05) is 11.2 Å². The first-order chi connectivity index (χ1) is 10.4. The van der Waals surface area contributed by atoms with Gasteiger partial charge in [0.2, 0.25) is 0 Å². The summed E-state index contributed by atoms with van der Waals surface area (Å²) in [7, 11) is 1.48. The Kier molecular flexibility index (Phi) is 4.67. The van der Waals surface area contributed by atoms with Crippen LogP contribution in [0.25, 0.3) is 0 Å². The normalized spacial score (nSPS) is 12.0. The lowest BCUT2D eigenvalue weighted by Gasteiger charge is -2.13. The third kappa shape index (κ3) is 3.20. The molecule has 22 heavy (non-hydrogen) atoms. The van der Waals surface area contributed by atoms with E-state index in [1.54, 1.807) is 18.2 Å². The zero-order valence-electron chi connectivity index (χ0n) is 12.6. The van der Waals surface area contributed by atoms with Gasteiger partial charge in [0.15, 0.2) is 11.5 Å². The number of rotatable bonds is 6. The first-order valence-corrected chi connectivity index (χ1v) is 6.65. The molecule has 0 aliphatic heterocycles. The number of aliphatic carboxylic acids is 1. The van der Waals surface area contributed by atoms with Gasteiger partial charge in [0.1, 0.15) is 18.4 Å². The molecule has 0 unspecified atom stereocenters. The van der Waals surface area contributed by atoms with Crippen LogP contribution in [-0.2, 0) is 11.4 Å². The van der Waals surface area contributed by atoms with Crippen molar-refractivity contribution in [1.82, 2.24) is 5.16 Å². The van der Waals surface area contributed by atoms with E-state index < -0.39 is 12.0 Å². The number of nitrogens with two attached hydrogens (primary N) is 1. The standard InChI is InChI=1S/C15H18N2O5/c1-8-11(9(2)22-17-8)7-21-12-5-4-10(6-13(12)20-3)14(16)15(18)19/h4-6,14H,7,16H2,1-3H3,(H,18,19)/t14-/m0/s1. The van der Waals surface area contributed by atoms with Gasteiger partial charge in [0, 0.05) is 0 Å². The zero-order valence-corrected chi connectivity index (χ0v) is 12.6. The van der Waals surface area contributed by atoms with Gasteiger partial charge in [-0.25, -0.2) is 0 Å². The molecule has 1 aromatic heterocycles. The summed E-state index contributed by atoms with van der Waals surface area (Å²) in [5.41, 5.74) is 7.66. The number of ether oxygens (including phenoxy) is 2. The van der Waals surface area contributed by atoms with Gasteiger partial charge in [0.05, 0.1) is 18.4 Å². The van der Waals surface area contributed by atoms with E-state index in [-0.39, 0.29) is 6.61 Å². The van der Waals surface area contributed by atoms with Crippen LogP contribution in [0.4, 0.5) is 0 Å². The Morgan fingerprint density at radius 3 is 2.68 bits per heavy atom. The van der Waals surface area contributed by atoms with Gasteiger partial charge < -0.3 is 24.8 Å². The number of hydrogen-bond acceptors (Lipinski definition) is 6. The summed E-state index contributed by atoms with van der Waals surface area (Å²) in [5, 5.41) is 12.8. The Balaban J connectivity index is 2.19. The van der Waals surface area contributed by atoms with Crippen LogP contribution in [0.2, 0.25) is 0 Å². The second kappa shape index (κ2) is 6.48. The summed E-state index contributed by atoms with van der Waals surface area (Å²) in [6, 6.07) is 3.69. The highest BCUT2D eigenvalue weighted by Crippen LogP contribution is 2.31. The largest absolute Gasteiger partial charge is 0.493 e. The van der Waals surface area contributed by atoms with Crippen LogP contribution in [0, 0.1) is 13.8 Å². The van der Waals surface area contributed by atoms with Crippen LogP contribution in [0.5, 0.6) is 11.5 Å². The molecule has 0 aliphatic rings. The fourth-order valence-corrected chi connectivity index (χ4v) is 2.00. The number of methoxy groups -OCH3 is 1. The average molecular weight is 306 g/mol. The number of carbonyl (C=O) groups is 1. The number of benzene rings is 1. The average Bonchev–Trinajstić information content (AvgIpc) is 2.83. The predicted molar refractivity (Wildman–Crippen MR) is 77.9 cm³/mol. The smallest absolute Gasteiger partial charge is 0.325 e. The first kappa shape index (κ1) is 15.8. The minimum absolute atomic E-state index is 0.280. The number of aryl methyl sites for hydroxylation is 2. The van der Waals surface area contributed by atoms with E-state index in [1.807, 2.05) is 13.8 Å². The van der Waals surface area contributed by atoms with Crippen LogP contribution in [0.3, 0.4) is 0 Å².